The van der Waals surface area contributed by atoms with Gasteiger partial charge in [0.15, 0.2) is 0 Å². The molecule has 146 valence electrons. The number of pyridine rings is 1. The van der Waals surface area contributed by atoms with Crippen LogP contribution in [0.4, 0.5) is 11.6 Å². The number of fused-ring (bicyclic) bond motifs is 1. The summed E-state index contributed by atoms with van der Waals surface area (Å²) in [4.78, 5) is 27.7. The van der Waals surface area contributed by atoms with Gasteiger partial charge in [0, 0.05) is 38.4 Å². The first-order valence-electron chi connectivity index (χ1n) is 9.33. The van der Waals surface area contributed by atoms with E-state index < -0.39 is 0 Å². The van der Waals surface area contributed by atoms with Gasteiger partial charge in [0.2, 0.25) is 0 Å². The van der Waals surface area contributed by atoms with Gasteiger partial charge in [0.05, 0.1) is 18.9 Å². The normalized spacial score (nSPS) is 14.2. The zero-order chi connectivity index (χ0) is 19.3. The Morgan fingerprint density at radius 3 is 2.93 bits per heavy atom. The number of hydrogen-bond acceptors (Lipinski definition) is 7. The Bertz CT molecular complexity index is 966. The summed E-state index contributed by atoms with van der Waals surface area (Å²) in [5.41, 5.74) is 2.04. The fraction of sp³-hybridized carbons (Fsp3) is 0.368. The molecule has 0 bridgehead atoms. The van der Waals surface area contributed by atoms with Crippen LogP contribution in [0.2, 0.25) is 0 Å². The van der Waals surface area contributed by atoms with Gasteiger partial charge in [-0.3, -0.25) is 9.20 Å². The smallest absolute Gasteiger partial charge is 0.270 e. The van der Waals surface area contributed by atoms with Crippen molar-refractivity contribution in [2.45, 2.75) is 6.92 Å². The van der Waals surface area contributed by atoms with Crippen molar-refractivity contribution in [2.24, 2.45) is 0 Å². The first-order chi connectivity index (χ1) is 13.7. The van der Waals surface area contributed by atoms with Crippen LogP contribution in [-0.2, 0) is 4.74 Å². The maximum Gasteiger partial charge on any atom is 0.270 e. The van der Waals surface area contributed by atoms with Crippen molar-refractivity contribution in [3.63, 3.8) is 0 Å². The predicted molar refractivity (Wildman–Crippen MR) is 106 cm³/mol. The molecular formula is C19H23N7O2. The number of nitrogens with zero attached hydrogens (tertiary/aromatic N) is 5. The summed E-state index contributed by atoms with van der Waals surface area (Å²) in [6.07, 6.45) is 3.39. The lowest BCUT2D eigenvalue weighted by molar-refractivity contribution is 0.0948. The molecule has 1 amide bonds. The van der Waals surface area contributed by atoms with Crippen molar-refractivity contribution in [3.8, 4) is 0 Å². The van der Waals surface area contributed by atoms with Crippen molar-refractivity contribution < 1.29 is 9.53 Å². The predicted octanol–water partition coefficient (Wildman–Crippen LogP) is 1.11. The van der Waals surface area contributed by atoms with Gasteiger partial charge in [-0.1, -0.05) is 6.07 Å². The fourth-order valence-corrected chi connectivity index (χ4v) is 3.25. The van der Waals surface area contributed by atoms with Gasteiger partial charge < -0.3 is 20.3 Å². The Morgan fingerprint density at radius 2 is 2.07 bits per heavy atom. The molecule has 1 aliphatic rings. The standard InChI is InChI=1S/C19H23N7O2/c1-14-18(26-7-3-2-4-16(26)24-14)19(27)21-6-5-20-15-12-17(23-13-22-15)25-8-10-28-11-9-25/h2-4,7,12-13H,5-6,8-11H2,1H3,(H,21,27)(H,20,22,23). The van der Waals surface area contributed by atoms with E-state index in [1.54, 1.807) is 10.7 Å². The van der Waals surface area contributed by atoms with Gasteiger partial charge >= 0.3 is 0 Å². The molecule has 9 heteroatoms. The lowest BCUT2D eigenvalue weighted by atomic mass is 10.3. The molecular weight excluding hydrogens is 358 g/mol. The molecule has 0 spiro atoms. The highest BCUT2D eigenvalue weighted by atomic mass is 16.5. The summed E-state index contributed by atoms with van der Waals surface area (Å²) >= 11 is 0. The monoisotopic (exact) mass is 381 g/mol. The number of hydrogen-bond donors (Lipinski definition) is 2. The minimum atomic E-state index is -0.144. The van der Waals surface area contributed by atoms with Gasteiger partial charge in [-0.2, -0.15) is 0 Å². The van der Waals surface area contributed by atoms with Crippen LogP contribution < -0.4 is 15.5 Å². The van der Waals surface area contributed by atoms with Crippen molar-refractivity contribution in [1.82, 2.24) is 24.7 Å². The number of amides is 1. The van der Waals surface area contributed by atoms with E-state index in [0.717, 1.165) is 30.4 Å². The third-order valence-electron chi connectivity index (χ3n) is 4.62. The SMILES string of the molecule is Cc1nc2ccccn2c1C(=O)NCCNc1cc(N2CCOCC2)ncn1. The number of carbonyl (C=O) groups excluding carboxylic acids is 1. The van der Waals surface area contributed by atoms with E-state index in [1.165, 1.54) is 0 Å². The molecule has 3 aromatic rings. The largest absolute Gasteiger partial charge is 0.378 e. The van der Waals surface area contributed by atoms with Crippen LogP contribution in [0.5, 0.6) is 0 Å². The molecule has 9 nitrogen and oxygen atoms in total. The van der Waals surface area contributed by atoms with Crippen molar-refractivity contribution in [2.75, 3.05) is 49.6 Å². The highest BCUT2D eigenvalue weighted by Gasteiger charge is 2.16. The lowest BCUT2D eigenvalue weighted by Gasteiger charge is -2.27. The van der Waals surface area contributed by atoms with Gasteiger partial charge in [0.25, 0.3) is 5.91 Å². The van der Waals surface area contributed by atoms with Crippen LogP contribution in [0.25, 0.3) is 5.65 Å². The molecule has 1 aliphatic heterocycles. The average molecular weight is 381 g/mol. The third kappa shape index (κ3) is 3.89. The second-order valence-electron chi connectivity index (χ2n) is 6.52. The number of imidazole rings is 1. The Balaban J connectivity index is 1.32. The summed E-state index contributed by atoms with van der Waals surface area (Å²) in [5, 5.41) is 6.16. The van der Waals surface area contributed by atoms with E-state index >= 15 is 0 Å². The Morgan fingerprint density at radius 1 is 1.21 bits per heavy atom. The van der Waals surface area contributed by atoms with Gasteiger partial charge in [-0.05, 0) is 19.1 Å². The van der Waals surface area contributed by atoms with Crippen LogP contribution in [0.3, 0.4) is 0 Å². The van der Waals surface area contributed by atoms with Crippen molar-refractivity contribution in [1.29, 1.82) is 0 Å². The number of aryl methyl sites for hydroxylation is 1. The molecule has 0 atom stereocenters. The Labute approximate surface area is 162 Å². The summed E-state index contributed by atoms with van der Waals surface area (Å²) in [6.45, 7) is 5.93. The quantitative estimate of drug-likeness (QED) is 0.618. The number of aromatic nitrogens is 4. The average Bonchev–Trinajstić information content (AvgIpc) is 3.08. The number of rotatable bonds is 6. The van der Waals surface area contributed by atoms with Crippen LogP contribution in [0, 0.1) is 6.92 Å². The van der Waals surface area contributed by atoms with Crippen LogP contribution in [0.15, 0.2) is 36.8 Å². The van der Waals surface area contributed by atoms with E-state index in [0.29, 0.717) is 37.7 Å². The Kier molecular flexibility index (Phi) is 5.34. The maximum absolute atomic E-state index is 12.6. The molecule has 3 aromatic heterocycles. The summed E-state index contributed by atoms with van der Waals surface area (Å²) in [6, 6.07) is 7.59. The molecule has 0 radical (unpaired) electrons. The highest BCUT2D eigenvalue weighted by molar-refractivity contribution is 5.94. The molecule has 0 aliphatic carbocycles. The molecule has 4 rings (SSSR count). The number of carbonyl (C=O) groups is 1. The van der Waals surface area contributed by atoms with E-state index in [1.807, 2.05) is 37.4 Å². The molecule has 0 unspecified atom stereocenters. The maximum atomic E-state index is 12.6. The minimum absolute atomic E-state index is 0.144. The third-order valence-corrected chi connectivity index (χ3v) is 4.62. The first kappa shape index (κ1) is 18.2. The van der Waals surface area contributed by atoms with Crippen molar-refractivity contribution >= 4 is 23.2 Å². The van der Waals surface area contributed by atoms with Crippen LogP contribution in [0.1, 0.15) is 16.2 Å². The van der Waals surface area contributed by atoms with E-state index in [4.69, 9.17) is 4.74 Å². The molecule has 4 heterocycles. The van der Waals surface area contributed by atoms with Gasteiger partial charge in [-0.15, -0.1) is 0 Å². The van der Waals surface area contributed by atoms with E-state index in [2.05, 4.69) is 30.5 Å². The molecule has 1 saturated heterocycles. The summed E-state index contributed by atoms with van der Waals surface area (Å²) in [5.74, 6) is 1.47. The lowest BCUT2D eigenvalue weighted by Crippen LogP contribution is -2.36. The summed E-state index contributed by atoms with van der Waals surface area (Å²) in [7, 11) is 0. The molecule has 1 fully saturated rings. The molecule has 28 heavy (non-hydrogen) atoms. The zero-order valence-electron chi connectivity index (χ0n) is 15.8. The second-order valence-corrected chi connectivity index (χ2v) is 6.52. The molecule has 0 aromatic carbocycles. The van der Waals surface area contributed by atoms with E-state index in [-0.39, 0.29) is 5.91 Å². The first-order valence-corrected chi connectivity index (χ1v) is 9.33. The zero-order valence-corrected chi connectivity index (χ0v) is 15.8. The van der Waals surface area contributed by atoms with Crippen LogP contribution >= 0.6 is 0 Å². The van der Waals surface area contributed by atoms with E-state index in [9.17, 15) is 4.79 Å². The summed E-state index contributed by atoms with van der Waals surface area (Å²) < 4.78 is 7.17. The van der Waals surface area contributed by atoms with Crippen LogP contribution in [-0.4, -0.2) is 64.7 Å². The topological polar surface area (TPSA) is 96.7 Å². The molecule has 0 saturated carbocycles. The van der Waals surface area contributed by atoms with Crippen molar-refractivity contribution in [3.05, 3.63) is 48.2 Å². The number of nitrogens with one attached hydrogen (secondary N) is 2. The van der Waals surface area contributed by atoms with Gasteiger partial charge in [0.1, 0.15) is 29.3 Å². The second kappa shape index (κ2) is 8.22. The fourth-order valence-electron chi connectivity index (χ4n) is 3.25. The minimum Gasteiger partial charge on any atom is -0.378 e. The highest BCUT2D eigenvalue weighted by Crippen LogP contribution is 2.15. The molecule has 2 N–H and O–H groups in total. The number of ether oxygens (including phenoxy) is 1. The number of anilines is 2. The van der Waals surface area contributed by atoms with Gasteiger partial charge in [-0.25, -0.2) is 15.0 Å². The Hall–Kier alpha value is -3.20. The number of morpholine rings is 1.